The number of nitrogens with zero attached hydrogens (tertiary/aromatic N) is 1. The number of hydrogen-bond donors (Lipinski definition) is 0. The van der Waals surface area contributed by atoms with E-state index in [1.54, 1.807) is 6.07 Å². The standard InChI is InChI=1S/C10H5BrFNS/c11-4-8-3-7-1-6(5-13)2-9(12)10(7)14-8/h1-3H,4H2. The molecule has 0 aliphatic heterocycles. The van der Waals surface area contributed by atoms with Crippen LogP contribution in [0.5, 0.6) is 0 Å². The first-order valence-corrected chi connectivity index (χ1v) is 5.86. The molecule has 1 nitrogen and oxygen atoms in total. The van der Waals surface area contributed by atoms with Gasteiger partial charge in [0.2, 0.25) is 0 Å². The van der Waals surface area contributed by atoms with E-state index in [-0.39, 0.29) is 5.82 Å². The number of benzene rings is 1. The van der Waals surface area contributed by atoms with Gasteiger partial charge in [0.1, 0.15) is 5.82 Å². The van der Waals surface area contributed by atoms with Crippen LogP contribution in [0.2, 0.25) is 0 Å². The molecule has 1 heterocycles. The molecule has 70 valence electrons. The number of rotatable bonds is 1. The van der Waals surface area contributed by atoms with E-state index in [0.29, 0.717) is 15.6 Å². The van der Waals surface area contributed by atoms with E-state index in [1.807, 2.05) is 12.1 Å². The van der Waals surface area contributed by atoms with E-state index < -0.39 is 0 Å². The molecule has 2 rings (SSSR count). The van der Waals surface area contributed by atoms with Crippen LogP contribution in [0.25, 0.3) is 10.1 Å². The molecule has 0 saturated carbocycles. The largest absolute Gasteiger partial charge is 0.205 e. The second-order valence-electron chi connectivity index (χ2n) is 2.83. The highest BCUT2D eigenvalue weighted by atomic mass is 79.9. The molecule has 0 aliphatic carbocycles. The predicted octanol–water partition coefficient (Wildman–Crippen LogP) is 3.81. The van der Waals surface area contributed by atoms with Gasteiger partial charge in [-0.15, -0.1) is 11.3 Å². The molecule has 1 aromatic carbocycles. The predicted molar refractivity (Wildman–Crippen MR) is 59.1 cm³/mol. The average molecular weight is 270 g/mol. The molecule has 0 unspecified atom stereocenters. The van der Waals surface area contributed by atoms with Gasteiger partial charge in [-0.2, -0.15) is 5.26 Å². The summed E-state index contributed by atoms with van der Waals surface area (Å²) in [5, 5.41) is 10.2. The summed E-state index contributed by atoms with van der Waals surface area (Å²) < 4.78 is 14.1. The lowest BCUT2D eigenvalue weighted by molar-refractivity contribution is 0.641. The first kappa shape index (κ1) is 9.63. The molecule has 4 heteroatoms. The average Bonchev–Trinajstić information content (AvgIpc) is 2.61. The highest BCUT2D eigenvalue weighted by Crippen LogP contribution is 2.30. The maximum atomic E-state index is 13.4. The zero-order valence-electron chi connectivity index (χ0n) is 7.05. The summed E-state index contributed by atoms with van der Waals surface area (Å²) in [7, 11) is 0. The molecule has 0 fully saturated rings. The summed E-state index contributed by atoms with van der Waals surface area (Å²) in [6.45, 7) is 0. The molecule has 0 bridgehead atoms. The first-order valence-electron chi connectivity index (χ1n) is 3.92. The first-order chi connectivity index (χ1) is 6.74. The zero-order valence-corrected chi connectivity index (χ0v) is 9.45. The number of fused-ring (bicyclic) bond motifs is 1. The van der Waals surface area contributed by atoms with Crippen molar-refractivity contribution in [2.24, 2.45) is 0 Å². The third-order valence-electron chi connectivity index (χ3n) is 1.88. The molecule has 1 aromatic heterocycles. The summed E-state index contributed by atoms with van der Waals surface area (Å²) in [6.07, 6.45) is 0. The summed E-state index contributed by atoms with van der Waals surface area (Å²) in [4.78, 5) is 1.06. The minimum Gasteiger partial charge on any atom is -0.205 e. The monoisotopic (exact) mass is 269 g/mol. The van der Waals surface area contributed by atoms with E-state index in [9.17, 15) is 4.39 Å². The molecular formula is C10H5BrFNS. The summed E-state index contributed by atoms with van der Waals surface area (Å²) in [5.41, 5.74) is 0.369. The quantitative estimate of drug-likeness (QED) is 0.723. The van der Waals surface area contributed by atoms with Crippen LogP contribution in [-0.2, 0) is 5.33 Å². The minimum atomic E-state index is -0.309. The van der Waals surface area contributed by atoms with E-state index in [4.69, 9.17) is 5.26 Å². The van der Waals surface area contributed by atoms with Crippen molar-refractivity contribution in [3.8, 4) is 6.07 Å². The van der Waals surface area contributed by atoms with Crippen LogP contribution in [0.3, 0.4) is 0 Å². The van der Waals surface area contributed by atoms with Crippen LogP contribution >= 0.6 is 27.3 Å². The number of thiophene rings is 1. The lowest BCUT2D eigenvalue weighted by atomic mass is 10.2. The van der Waals surface area contributed by atoms with Crippen LogP contribution in [0.4, 0.5) is 4.39 Å². The summed E-state index contributed by atoms with van der Waals surface area (Å²) in [6, 6.07) is 6.83. The molecule has 2 aromatic rings. The number of nitriles is 1. The molecule has 0 aliphatic rings. The smallest absolute Gasteiger partial charge is 0.142 e. The van der Waals surface area contributed by atoms with E-state index in [1.165, 1.54) is 17.4 Å². The van der Waals surface area contributed by atoms with Gasteiger partial charge in [0.05, 0.1) is 16.3 Å². The lowest BCUT2D eigenvalue weighted by Gasteiger charge is -1.92. The maximum Gasteiger partial charge on any atom is 0.142 e. The molecule has 0 amide bonds. The second-order valence-corrected chi connectivity index (χ2v) is 4.53. The molecule has 0 atom stereocenters. The normalized spacial score (nSPS) is 10.4. The minimum absolute atomic E-state index is 0.309. The van der Waals surface area contributed by atoms with Crippen molar-refractivity contribution >= 4 is 37.4 Å². The number of hydrogen-bond acceptors (Lipinski definition) is 2. The van der Waals surface area contributed by atoms with Gasteiger partial charge in [-0.05, 0) is 23.6 Å². The third kappa shape index (κ3) is 1.54. The SMILES string of the molecule is N#Cc1cc(F)c2sc(CBr)cc2c1. The van der Waals surface area contributed by atoms with Crippen molar-refractivity contribution in [2.45, 2.75) is 5.33 Å². The van der Waals surface area contributed by atoms with Gasteiger partial charge in [-0.1, -0.05) is 15.9 Å². The van der Waals surface area contributed by atoms with Crippen LogP contribution in [0.1, 0.15) is 10.4 Å². The molecule has 0 spiro atoms. The highest BCUT2D eigenvalue weighted by molar-refractivity contribution is 9.08. The Morgan fingerprint density at radius 2 is 2.21 bits per heavy atom. The van der Waals surface area contributed by atoms with Crippen LogP contribution in [0.15, 0.2) is 18.2 Å². The van der Waals surface area contributed by atoms with Crippen LogP contribution < -0.4 is 0 Å². The lowest BCUT2D eigenvalue weighted by Crippen LogP contribution is -1.77. The van der Waals surface area contributed by atoms with Crippen LogP contribution in [0, 0.1) is 17.1 Å². The summed E-state index contributed by atoms with van der Waals surface area (Å²) in [5.74, 6) is -0.309. The molecule has 14 heavy (non-hydrogen) atoms. The maximum absolute atomic E-state index is 13.4. The van der Waals surface area contributed by atoms with Gasteiger partial charge in [0.25, 0.3) is 0 Å². The Labute approximate surface area is 92.9 Å². The Morgan fingerprint density at radius 3 is 2.86 bits per heavy atom. The van der Waals surface area contributed by atoms with Crippen molar-refractivity contribution < 1.29 is 4.39 Å². The number of halogens is 2. The van der Waals surface area contributed by atoms with E-state index in [0.717, 1.165) is 10.3 Å². The van der Waals surface area contributed by atoms with Crippen LogP contribution in [-0.4, -0.2) is 0 Å². The van der Waals surface area contributed by atoms with Gasteiger partial charge in [-0.25, -0.2) is 4.39 Å². The fourth-order valence-corrected chi connectivity index (χ4v) is 2.69. The fraction of sp³-hybridized carbons (Fsp3) is 0.100. The van der Waals surface area contributed by atoms with Gasteiger partial charge in [0.15, 0.2) is 0 Å². The van der Waals surface area contributed by atoms with Gasteiger partial charge < -0.3 is 0 Å². The van der Waals surface area contributed by atoms with Crippen molar-refractivity contribution in [2.75, 3.05) is 0 Å². The third-order valence-corrected chi connectivity index (χ3v) is 4.02. The van der Waals surface area contributed by atoms with E-state index >= 15 is 0 Å². The highest BCUT2D eigenvalue weighted by Gasteiger charge is 2.07. The van der Waals surface area contributed by atoms with Crippen molar-refractivity contribution in [3.05, 3.63) is 34.5 Å². The Kier molecular flexibility index (Phi) is 2.53. The zero-order chi connectivity index (χ0) is 10.1. The fourth-order valence-electron chi connectivity index (χ4n) is 1.29. The van der Waals surface area contributed by atoms with Gasteiger partial charge in [-0.3, -0.25) is 0 Å². The van der Waals surface area contributed by atoms with Gasteiger partial charge in [0, 0.05) is 10.2 Å². The topological polar surface area (TPSA) is 23.8 Å². The van der Waals surface area contributed by atoms with E-state index in [2.05, 4.69) is 15.9 Å². The molecule has 0 N–H and O–H groups in total. The second kappa shape index (κ2) is 3.68. The van der Waals surface area contributed by atoms with Crippen molar-refractivity contribution in [3.63, 3.8) is 0 Å². The van der Waals surface area contributed by atoms with Crippen molar-refractivity contribution in [1.29, 1.82) is 5.26 Å². The Hall–Kier alpha value is -0.920. The molecular weight excluding hydrogens is 265 g/mol. The summed E-state index contributed by atoms with van der Waals surface area (Å²) >= 11 is 4.73. The Balaban J connectivity index is 2.75. The molecule has 0 radical (unpaired) electrons. The van der Waals surface area contributed by atoms with Crippen molar-refractivity contribution in [1.82, 2.24) is 0 Å². The Morgan fingerprint density at radius 1 is 1.43 bits per heavy atom. The Bertz CT molecular complexity index is 527. The van der Waals surface area contributed by atoms with Gasteiger partial charge >= 0.3 is 0 Å². The molecule has 0 saturated heterocycles. The number of alkyl halides is 1.